The molecule has 3 nitrogen and oxygen atoms in total. The maximum atomic E-state index is 10.5. The summed E-state index contributed by atoms with van der Waals surface area (Å²) < 4.78 is -2.11. The van der Waals surface area contributed by atoms with Gasteiger partial charge in [-0.25, -0.2) is 0 Å². The van der Waals surface area contributed by atoms with Gasteiger partial charge in [-0.15, -0.1) is 0 Å². The van der Waals surface area contributed by atoms with Gasteiger partial charge in [0.2, 0.25) is 3.79 Å². The van der Waals surface area contributed by atoms with Crippen LogP contribution in [0.3, 0.4) is 0 Å². The van der Waals surface area contributed by atoms with Gasteiger partial charge in [-0.3, -0.25) is 9.59 Å². The summed E-state index contributed by atoms with van der Waals surface area (Å²) >= 11 is 15.1. The van der Waals surface area contributed by atoms with Crippen LogP contribution in [0.1, 0.15) is 6.42 Å². The summed E-state index contributed by atoms with van der Waals surface area (Å²) in [6, 6.07) is 0. The highest BCUT2D eigenvalue weighted by Gasteiger charge is 2.31. The first-order valence-corrected chi connectivity index (χ1v) is 3.29. The molecule has 0 aromatic heterocycles. The molecule has 0 saturated carbocycles. The molecule has 0 radical (unpaired) electrons. The second-order valence-corrected chi connectivity index (χ2v) is 3.77. The lowest BCUT2D eigenvalue weighted by atomic mass is 10.3. The summed E-state index contributed by atoms with van der Waals surface area (Å²) in [6.07, 6.45) is -0.767. The molecule has 0 amide bonds. The predicted octanol–water partition coefficient (Wildman–Crippen LogP) is 1.40. The highest BCUT2D eigenvalue weighted by atomic mass is 35.6. The summed E-state index contributed by atoms with van der Waals surface area (Å²) in [5.74, 6) is -2.25. The molecule has 0 unspecified atom stereocenters. The number of hydrogen-bond acceptors (Lipinski definition) is 2. The van der Waals surface area contributed by atoms with Crippen LogP contribution in [0.15, 0.2) is 0 Å². The smallest absolute Gasteiger partial charge is 0.311 e. The van der Waals surface area contributed by atoms with E-state index in [9.17, 15) is 9.59 Å². The van der Waals surface area contributed by atoms with Crippen LogP contribution in [0.25, 0.3) is 0 Å². The number of carboxylic acids is 1. The van der Waals surface area contributed by atoms with Crippen LogP contribution in [0.2, 0.25) is 0 Å². The number of carbonyl (C=O) groups excluding carboxylic acids is 1. The van der Waals surface area contributed by atoms with Crippen LogP contribution in [0.4, 0.5) is 0 Å². The van der Waals surface area contributed by atoms with Crippen molar-refractivity contribution >= 4 is 46.6 Å². The predicted molar refractivity (Wildman–Crippen MR) is 37.5 cm³/mol. The van der Waals surface area contributed by atoms with E-state index in [1.54, 1.807) is 0 Å². The monoisotopic (exact) mass is 204 g/mol. The van der Waals surface area contributed by atoms with Crippen molar-refractivity contribution in [1.82, 2.24) is 0 Å². The second kappa shape index (κ2) is 3.42. The molecule has 0 fully saturated rings. The number of hydrogen-bond donors (Lipinski definition) is 1. The van der Waals surface area contributed by atoms with Crippen molar-refractivity contribution < 1.29 is 14.7 Å². The lowest BCUT2D eigenvalue weighted by Gasteiger charge is -2.05. The molecule has 10 heavy (non-hydrogen) atoms. The van der Waals surface area contributed by atoms with Gasteiger partial charge in [0.15, 0.2) is 5.78 Å². The molecule has 6 heteroatoms. The molecule has 0 heterocycles. The lowest BCUT2D eigenvalue weighted by Crippen LogP contribution is -2.21. The molecule has 0 aliphatic heterocycles. The van der Waals surface area contributed by atoms with Gasteiger partial charge in [0.1, 0.15) is 6.42 Å². The molecule has 0 aromatic carbocycles. The summed E-state index contributed by atoms with van der Waals surface area (Å²) in [7, 11) is 0. The molecule has 0 atom stereocenters. The van der Waals surface area contributed by atoms with Gasteiger partial charge >= 0.3 is 5.97 Å². The van der Waals surface area contributed by atoms with Gasteiger partial charge in [-0.1, -0.05) is 34.8 Å². The minimum Gasteiger partial charge on any atom is -0.481 e. The Kier molecular flexibility index (Phi) is 3.42. The number of carboxylic acid groups (broad SMARTS) is 1. The average Bonchev–Trinajstić information content (AvgIpc) is 1.60. The number of rotatable bonds is 2. The first-order chi connectivity index (χ1) is 4.34. The lowest BCUT2D eigenvalue weighted by molar-refractivity contribution is -0.140. The average molecular weight is 205 g/mol. The third-order valence-electron chi connectivity index (χ3n) is 0.628. The molecule has 1 N–H and O–H groups in total. The van der Waals surface area contributed by atoms with Crippen LogP contribution in [0, 0.1) is 0 Å². The quantitative estimate of drug-likeness (QED) is 0.548. The SMILES string of the molecule is O=C(O)CC(=O)C(Cl)(Cl)Cl. The molecule has 58 valence electrons. The molecule has 0 saturated heterocycles. The Balaban J connectivity index is 3.99. The molecule has 0 aliphatic rings. The summed E-state index contributed by atoms with van der Waals surface area (Å²) in [6.45, 7) is 0. The van der Waals surface area contributed by atoms with Crippen molar-refractivity contribution in [2.24, 2.45) is 0 Å². The first kappa shape index (κ1) is 10.0. The van der Waals surface area contributed by atoms with Gasteiger partial charge in [0, 0.05) is 0 Å². The summed E-state index contributed by atoms with van der Waals surface area (Å²) in [4.78, 5) is 20.4. The minimum absolute atomic E-state index is 0.767. The number of halogens is 3. The fourth-order valence-corrected chi connectivity index (χ4v) is 0.438. The van der Waals surface area contributed by atoms with Crippen LogP contribution in [-0.4, -0.2) is 20.7 Å². The normalized spacial score (nSPS) is 11.1. The minimum atomic E-state index is -2.11. The zero-order chi connectivity index (χ0) is 8.36. The van der Waals surface area contributed by atoms with E-state index in [2.05, 4.69) is 0 Å². The molecule has 0 aromatic rings. The van der Waals surface area contributed by atoms with Crippen molar-refractivity contribution in [2.45, 2.75) is 10.2 Å². The van der Waals surface area contributed by atoms with Crippen LogP contribution < -0.4 is 0 Å². The van der Waals surface area contributed by atoms with Crippen molar-refractivity contribution in [2.75, 3.05) is 0 Å². The fourth-order valence-electron chi connectivity index (χ4n) is 0.238. The fraction of sp³-hybridized carbons (Fsp3) is 0.500. The zero-order valence-corrected chi connectivity index (χ0v) is 6.87. The van der Waals surface area contributed by atoms with Gasteiger partial charge < -0.3 is 5.11 Å². The van der Waals surface area contributed by atoms with Crippen LogP contribution in [-0.2, 0) is 9.59 Å². The number of ketones is 1. The molecular weight excluding hydrogens is 202 g/mol. The van der Waals surface area contributed by atoms with Gasteiger partial charge in [-0.05, 0) is 0 Å². The highest BCUT2D eigenvalue weighted by molar-refractivity contribution is 6.76. The number of carbonyl (C=O) groups is 2. The molecular formula is C4H3Cl3O3. The molecule has 0 bridgehead atoms. The Labute approximate surface area is 71.9 Å². The Morgan fingerprint density at radius 3 is 1.80 bits per heavy atom. The van der Waals surface area contributed by atoms with Crippen LogP contribution >= 0.6 is 34.8 Å². The largest absolute Gasteiger partial charge is 0.481 e. The van der Waals surface area contributed by atoms with E-state index < -0.39 is 22.0 Å². The van der Waals surface area contributed by atoms with Crippen LogP contribution in [0.5, 0.6) is 0 Å². The number of aliphatic carboxylic acids is 1. The van der Waals surface area contributed by atoms with E-state index in [-0.39, 0.29) is 0 Å². The van der Waals surface area contributed by atoms with Gasteiger partial charge in [0.25, 0.3) is 0 Å². The Hall–Kier alpha value is 0.01000. The third-order valence-corrected chi connectivity index (χ3v) is 1.26. The van der Waals surface area contributed by atoms with Gasteiger partial charge in [0.05, 0.1) is 0 Å². The summed E-state index contributed by atoms with van der Waals surface area (Å²) in [5.41, 5.74) is 0. The third kappa shape index (κ3) is 3.93. The van der Waals surface area contributed by atoms with Crippen molar-refractivity contribution in [3.05, 3.63) is 0 Å². The maximum absolute atomic E-state index is 10.5. The van der Waals surface area contributed by atoms with Crippen molar-refractivity contribution in [3.8, 4) is 0 Å². The molecule has 0 aliphatic carbocycles. The Morgan fingerprint density at radius 1 is 1.30 bits per heavy atom. The van der Waals surface area contributed by atoms with Crippen molar-refractivity contribution in [3.63, 3.8) is 0 Å². The molecule has 0 spiro atoms. The highest BCUT2D eigenvalue weighted by Crippen LogP contribution is 2.28. The van der Waals surface area contributed by atoms with E-state index in [4.69, 9.17) is 39.9 Å². The number of Topliss-reactive ketones (excluding diaryl/α,β-unsaturated/α-hetero) is 1. The first-order valence-electron chi connectivity index (χ1n) is 2.16. The Morgan fingerprint density at radius 2 is 1.70 bits per heavy atom. The standard InChI is InChI=1S/C4H3Cl3O3/c5-4(6,7)2(8)1-3(9)10/h1H2,(H,9,10). The summed E-state index contributed by atoms with van der Waals surface area (Å²) in [5, 5.41) is 8.05. The maximum Gasteiger partial charge on any atom is 0.311 e. The van der Waals surface area contributed by atoms with E-state index in [0.717, 1.165) is 0 Å². The van der Waals surface area contributed by atoms with Crippen molar-refractivity contribution in [1.29, 1.82) is 0 Å². The Bertz CT molecular complexity index is 160. The second-order valence-electron chi connectivity index (χ2n) is 1.49. The van der Waals surface area contributed by atoms with E-state index in [1.165, 1.54) is 0 Å². The van der Waals surface area contributed by atoms with E-state index in [1.807, 2.05) is 0 Å². The topological polar surface area (TPSA) is 54.4 Å². The van der Waals surface area contributed by atoms with E-state index in [0.29, 0.717) is 0 Å². The van der Waals surface area contributed by atoms with Gasteiger partial charge in [-0.2, -0.15) is 0 Å². The number of alkyl halides is 3. The zero-order valence-electron chi connectivity index (χ0n) is 4.60. The van der Waals surface area contributed by atoms with E-state index >= 15 is 0 Å². The molecule has 0 rings (SSSR count).